The molecular formula is C14H26O4. The summed E-state index contributed by atoms with van der Waals surface area (Å²) in [6.45, 7) is 3.86. The minimum absolute atomic E-state index is 0.325. The van der Waals surface area contributed by atoms with Crippen molar-refractivity contribution in [2.75, 3.05) is 20.3 Å². The molecule has 18 heavy (non-hydrogen) atoms. The molecule has 0 fully saturated rings. The zero-order valence-corrected chi connectivity index (χ0v) is 11.4. The third-order valence-corrected chi connectivity index (χ3v) is 2.75. The van der Waals surface area contributed by atoms with E-state index >= 15 is 0 Å². The van der Waals surface area contributed by atoms with E-state index in [9.17, 15) is 4.79 Å². The van der Waals surface area contributed by atoms with Gasteiger partial charge >= 0.3 is 5.97 Å². The van der Waals surface area contributed by atoms with Gasteiger partial charge in [-0.3, -0.25) is 0 Å². The lowest BCUT2D eigenvalue weighted by Gasteiger charge is -2.12. The molecule has 0 saturated carbocycles. The van der Waals surface area contributed by atoms with E-state index in [1.54, 1.807) is 0 Å². The van der Waals surface area contributed by atoms with Gasteiger partial charge in [0.25, 0.3) is 0 Å². The number of ether oxygens (including phenoxy) is 2. The van der Waals surface area contributed by atoms with Gasteiger partial charge in [0.2, 0.25) is 0 Å². The fraction of sp³-hybridized carbons (Fsp3) is 0.786. The molecule has 1 N–H and O–H groups in total. The van der Waals surface area contributed by atoms with Crippen LogP contribution in [-0.2, 0) is 14.3 Å². The summed E-state index contributed by atoms with van der Waals surface area (Å²) in [5.74, 6) is -0.512. The van der Waals surface area contributed by atoms with Crippen LogP contribution in [0.3, 0.4) is 0 Å². The van der Waals surface area contributed by atoms with Gasteiger partial charge in [0, 0.05) is 6.61 Å². The van der Waals surface area contributed by atoms with Gasteiger partial charge in [-0.1, -0.05) is 31.8 Å². The largest absolute Gasteiger partial charge is 0.467 e. The van der Waals surface area contributed by atoms with Crippen molar-refractivity contribution in [3.63, 3.8) is 0 Å². The van der Waals surface area contributed by atoms with Gasteiger partial charge in [0.1, 0.15) is 0 Å². The number of methoxy groups -OCH3 is 1. The molecule has 0 aromatic carbocycles. The van der Waals surface area contributed by atoms with Crippen LogP contribution in [-0.4, -0.2) is 37.5 Å². The first-order chi connectivity index (χ1) is 8.76. The van der Waals surface area contributed by atoms with E-state index in [1.807, 2.05) is 6.08 Å². The zero-order valence-electron chi connectivity index (χ0n) is 11.4. The molecule has 0 radical (unpaired) electrons. The molecule has 0 heterocycles. The van der Waals surface area contributed by atoms with Crippen LogP contribution in [0.2, 0.25) is 0 Å². The summed E-state index contributed by atoms with van der Waals surface area (Å²) in [7, 11) is 1.29. The monoisotopic (exact) mass is 258 g/mol. The van der Waals surface area contributed by atoms with Crippen molar-refractivity contribution in [3.8, 4) is 0 Å². The number of allylic oxidation sites excluding steroid dienone is 1. The smallest absolute Gasteiger partial charge is 0.337 e. The Morgan fingerprint density at radius 2 is 1.83 bits per heavy atom. The fourth-order valence-electron chi connectivity index (χ4n) is 1.65. The number of aliphatic hydroxyl groups is 1. The molecule has 0 aromatic heterocycles. The Morgan fingerprint density at radius 1 is 1.22 bits per heavy atom. The van der Waals surface area contributed by atoms with Gasteiger partial charge in [0.05, 0.1) is 13.7 Å². The third-order valence-electron chi connectivity index (χ3n) is 2.75. The van der Waals surface area contributed by atoms with E-state index in [1.165, 1.54) is 32.8 Å². The van der Waals surface area contributed by atoms with Crippen molar-refractivity contribution in [1.82, 2.24) is 0 Å². The van der Waals surface area contributed by atoms with Gasteiger partial charge in [-0.15, -0.1) is 6.58 Å². The maximum Gasteiger partial charge on any atom is 0.337 e. The number of hydrogen-bond acceptors (Lipinski definition) is 4. The minimum Gasteiger partial charge on any atom is -0.467 e. The minimum atomic E-state index is -0.831. The van der Waals surface area contributed by atoms with Gasteiger partial charge in [0.15, 0.2) is 6.10 Å². The molecule has 0 aliphatic carbocycles. The Kier molecular flexibility index (Phi) is 12.0. The summed E-state index contributed by atoms with van der Waals surface area (Å²) >= 11 is 0. The molecule has 0 rings (SSSR count). The van der Waals surface area contributed by atoms with Crippen molar-refractivity contribution in [2.45, 2.75) is 51.0 Å². The first-order valence-electron chi connectivity index (χ1n) is 6.67. The highest BCUT2D eigenvalue weighted by atomic mass is 16.6. The van der Waals surface area contributed by atoms with Crippen molar-refractivity contribution in [3.05, 3.63) is 12.7 Å². The molecule has 0 aliphatic heterocycles. The highest BCUT2D eigenvalue weighted by Gasteiger charge is 2.17. The van der Waals surface area contributed by atoms with E-state index in [2.05, 4.69) is 11.3 Å². The number of carbonyl (C=O) groups excluding carboxylic acids is 1. The van der Waals surface area contributed by atoms with Crippen LogP contribution in [0.15, 0.2) is 12.7 Å². The molecule has 0 bridgehead atoms. The van der Waals surface area contributed by atoms with Gasteiger partial charge in [-0.2, -0.15) is 0 Å². The Labute approximate surface area is 110 Å². The molecule has 1 unspecified atom stereocenters. The second-order valence-electron chi connectivity index (χ2n) is 4.26. The molecular weight excluding hydrogens is 232 g/mol. The van der Waals surface area contributed by atoms with Crippen LogP contribution < -0.4 is 0 Å². The van der Waals surface area contributed by atoms with Crippen LogP contribution in [0, 0.1) is 0 Å². The van der Waals surface area contributed by atoms with E-state index in [0.29, 0.717) is 6.61 Å². The number of esters is 1. The number of hydrogen-bond donors (Lipinski definition) is 1. The summed E-state index contributed by atoms with van der Waals surface area (Å²) in [5, 5.41) is 8.92. The van der Waals surface area contributed by atoms with Crippen LogP contribution in [0.1, 0.15) is 44.9 Å². The fourth-order valence-corrected chi connectivity index (χ4v) is 1.65. The summed E-state index contributed by atoms with van der Waals surface area (Å²) in [6, 6.07) is 0. The normalized spacial score (nSPS) is 12.1. The van der Waals surface area contributed by atoms with E-state index < -0.39 is 12.1 Å². The summed E-state index contributed by atoms with van der Waals surface area (Å²) in [4.78, 5) is 11.1. The lowest BCUT2D eigenvalue weighted by molar-refractivity contribution is -0.156. The average Bonchev–Trinajstić information content (AvgIpc) is 2.40. The first-order valence-corrected chi connectivity index (χ1v) is 6.67. The molecule has 0 amide bonds. The maximum atomic E-state index is 11.1. The molecule has 0 aliphatic rings. The SMILES string of the molecule is C=CCCCCCCCCOC(CO)C(=O)OC. The third kappa shape index (κ3) is 9.19. The molecule has 4 nitrogen and oxygen atoms in total. The summed E-state index contributed by atoms with van der Waals surface area (Å²) < 4.78 is 9.76. The van der Waals surface area contributed by atoms with Crippen molar-refractivity contribution in [1.29, 1.82) is 0 Å². The second kappa shape index (κ2) is 12.6. The van der Waals surface area contributed by atoms with Gasteiger partial charge in [-0.05, 0) is 19.3 Å². The van der Waals surface area contributed by atoms with E-state index in [4.69, 9.17) is 9.84 Å². The summed E-state index contributed by atoms with van der Waals surface area (Å²) in [6.07, 6.45) is 9.10. The van der Waals surface area contributed by atoms with Crippen molar-refractivity contribution in [2.24, 2.45) is 0 Å². The highest BCUT2D eigenvalue weighted by molar-refractivity contribution is 5.74. The number of aliphatic hydroxyl groups excluding tert-OH is 1. The number of carbonyl (C=O) groups is 1. The topological polar surface area (TPSA) is 55.8 Å². The van der Waals surface area contributed by atoms with Gasteiger partial charge in [-0.25, -0.2) is 4.79 Å². The average molecular weight is 258 g/mol. The van der Waals surface area contributed by atoms with Crippen LogP contribution in [0.4, 0.5) is 0 Å². The number of rotatable bonds is 12. The van der Waals surface area contributed by atoms with Crippen molar-refractivity contribution < 1.29 is 19.4 Å². The molecule has 0 aromatic rings. The Bertz CT molecular complexity index is 216. The maximum absolute atomic E-state index is 11.1. The summed E-state index contributed by atoms with van der Waals surface area (Å²) in [5.41, 5.74) is 0. The van der Waals surface area contributed by atoms with E-state index in [-0.39, 0.29) is 6.61 Å². The lowest BCUT2D eigenvalue weighted by atomic mass is 10.1. The molecule has 106 valence electrons. The van der Waals surface area contributed by atoms with Crippen LogP contribution in [0.5, 0.6) is 0 Å². The van der Waals surface area contributed by atoms with Crippen LogP contribution >= 0.6 is 0 Å². The Hall–Kier alpha value is -0.870. The highest BCUT2D eigenvalue weighted by Crippen LogP contribution is 2.08. The predicted octanol–water partition coefficient (Wildman–Crippen LogP) is 2.45. The lowest BCUT2D eigenvalue weighted by Crippen LogP contribution is -2.29. The molecule has 0 saturated heterocycles. The van der Waals surface area contributed by atoms with Crippen molar-refractivity contribution >= 4 is 5.97 Å². The van der Waals surface area contributed by atoms with Gasteiger partial charge < -0.3 is 14.6 Å². The number of unbranched alkanes of at least 4 members (excludes halogenated alkanes) is 6. The molecule has 1 atom stereocenters. The molecule has 4 heteroatoms. The second-order valence-corrected chi connectivity index (χ2v) is 4.26. The van der Waals surface area contributed by atoms with E-state index in [0.717, 1.165) is 19.3 Å². The quantitative estimate of drug-likeness (QED) is 0.332. The standard InChI is InChI=1S/C14H26O4/c1-3-4-5-6-7-8-9-10-11-18-13(12-15)14(16)17-2/h3,13,15H,1,4-12H2,2H3. The first kappa shape index (κ1) is 17.1. The molecule has 0 spiro atoms. The zero-order chi connectivity index (χ0) is 13.6. The van der Waals surface area contributed by atoms with Crippen LogP contribution in [0.25, 0.3) is 0 Å². The predicted molar refractivity (Wildman–Crippen MR) is 71.4 cm³/mol. The Balaban J connectivity index is 3.33. The Morgan fingerprint density at radius 3 is 2.39 bits per heavy atom.